The Morgan fingerprint density at radius 2 is 1.57 bits per heavy atom. The number of fused-ring (bicyclic) bond motifs is 1. The van der Waals surface area contributed by atoms with Crippen LogP contribution in [0.25, 0.3) is 11.0 Å². The molecule has 0 atom stereocenters. The number of rotatable bonds is 10. The Balaban J connectivity index is 1.74. The van der Waals surface area contributed by atoms with E-state index in [0.717, 1.165) is 23.1 Å². The van der Waals surface area contributed by atoms with Crippen molar-refractivity contribution in [2.45, 2.75) is 71.1 Å². The van der Waals surface area contributed by atoms with Gasteiger partial charge in [0.2, 0.25) is 0 Å². The standard InChI is InChI=1S/C20H27BrO2/c1-2-3-4-5-6-7-8-9-10-11-17-15-19(22)18-13-12-16(21)14-20(18)23-17/h12-15H,2-11H2,1H3. The van der Waals surface area contributed by atoms with Crippen LogP contribution in [0.3, 0.4) is 0 Å². The molecular weight excluding hydrogens is 352 g/mol. The zero-order valence-electron chi connectivity index (χ0n) is 14.1. The summed E-state index contributed by atoms with van der Waals surface area (Å²) in [5.41, 5.74) is 0.738. The van der Waals surface area contributed by atoms with Crippen molar-refractivity contribution in [1.82, 2.24) is 0 Å². The van der Waals surface area contributed by atoms with Crippen LogP contribution >= 0.6 is 15.9 Å². The molecule has 1 aromatic heterocycles. The van der Waals surface area contributed by atoms with Gasteiger partial charge in [-0.3, -0.25) is 4.79 Å². The van der Waals surface area contributed by atoms with Crippen molar-refractivity contribution in [2.24, 2.45) is 0 Å². The van der Waals surface area contributed by atoms with E-state index in [-0.39, 0.29) is 5.43 Å². The predicted molar refractivity (Wildman–Crippen MR) is 101 cm³/mol. The van der Waals surface area contributed by atoms with Gasteiger partial charge in [-0.1, -0.05) is 74.2 Å². The number of benzene rings is 1. The smallest absolute Gasteiger partial charge is 0.192 e. The van der Waals surface area contributed by atoms with Crippen molar-refractivity contribution in [3.63, 3.8) is 0 Å². The molecule has 0 unspecified atom stereocenters. The Labute approximate surface area is 147 Å². The minimum Gasteiger partial charge on any atom is -0.461 e. The molecule has 0 aliphatic heterocycles. The highest BCUT2D eigenvalue weighted by Crippen LogP contribution is 2.19. The molecule has 0 saturated carbocycles. The number of halogens is 1. The molecule has 0 N–H and O–H groups in total. The van der Waals surface area contributed by atoms with Gasteiger partial charge in [0.05, 0.1) is 5.39 Å². The lowest BCUT2D eigenvalue weighted by molar-refractivity contribution is 0.507. The maximum atomic E-state index is 12.1. The molecule has 0 saturated heterocycles. The van der Waals surface area contributed by atoms with E-state index >= 15 is 0 Å². The average molecular weight is 379 g/mol. The third-order valence-corrected chi connectivity index (χ3v) is 4.76. The molecule has 2 aromatic rings. The van der Waals surface area contributed by atoms with Crippen LogP contribution in [0, 0.1) is 0 Å². The van der Waals surface area contributed by atoms with Crippen LogP contribution in [0.5, 0.6) is 0 Å². The summed E-state index contributed by atoms with van der Waals surface area (Å²) in [5, 5.41) is 0.657. The van der Waals surface area contributed by atoms with E-state index in [1.54, 1.807) is 6.07 Å². The summed E-state index contributed by atoms with van der Waals surface area (Å²) < 4.78 is 6.80. The first-order chi connectivity index (χ1) is 11.2. The van der Waals surface area contributed by atoms with E-state index in [2.05, 4.69) is 22.9 Å². The van der Waals surface area contributed by atoms with Gasteiger partial charge in [0.25, 0.3) is 0 Å². The summed E-state index contributed by atoms with van der Waals surface area (Å²) in [5.74, 6) is 0.809. The largest absolute Gasteiger partial charge is 0.461 e. The lowest BCUT2D eigenvalue weighted by Crippen LogP contribution is -2.02. The Kier molecular flexibility index (Phi) is 7.87. The van der Waals surface area contributed by atoms with Gasteiger partial charge in [-0.25, -0.2) is 0 Å². The Hall–Kier alpha value is -1.09. The molecule has 0 aliphatic rings. The minimum absolute atomic E-state index is 0.0599. The van der Waals surface area contributed by atoms with Gasteiger partial charge in [-0.15, -0.1) is 0 Å². The first kappa shape index (κ1) is 18.3. The molecule has 0 aliphatic carbocycles. The first-order valence-electron chi connectivity index (χ1n) is 8.93. The molecule has 126 valence electrons. The summed E-state index contributed by atoms with van der Waals surface area (Å²) in [6, 6.07) is 7.21. The number of aryl methyl sites for hydroxylation is 1. The van der Waals surface area contributed by atoms with E-state index in [4.69, 9.17) is 4.42 Å². The maximum Gasteiger partial charge on any atom is 0.192 e. The SMILES string of the molecule is CCCCCCCCCCCc1cc(=O)c2ccc(Br)cc2o1. The van der Waals surface area contributed by atoms with E-state index in [0.29, 0.717) is 11.0 Å². The van der Waals surface area contributed by atoms with Gasteiger partial charge in [0.1, 0.15) is 11.3 Å². The van der Waals surface area contributed by atoms with Crippen LogP contribution in [0.2, 0.25) is 0 Å². The highest BCUT2D eigenvalue weighted by molar-refractivity contribution is 9.10. The van der Waals surface area contributed by atoms with Gasteiger partial charge in [-0.05, 0) is 24.6 Å². The van der Waals surface area contributed by atoms with E-state index in [1.807, 2.05) is 18.2 Å². The number of unbranched alkanes of at least 4 members (excludes halogenated alkanes) is 8. The Morgan fingerprint density at radius 3 is 2.26 bits per heavy atom. The van der Waals surface area contributed by atoms with Crippen molar-refractivity contribution in [3.05, 3.63) is 44.7 Å². The third-order valence-electron chi connectivity index (χ3n) is 4.27. The summed E-state index contributed by atoms with van der Waals surface area (Å²) in [7, 11) is 0. The lowest BCUT2D eigenvalue weighted by atomic mass is 10.1. The lowest BCUT2D eigenvalue weighted by Gasteiger charge is -2.04. The van der Waals surface area contributed by atoms with Gasteiger partial charge in [0.15, 0.2) is 5.43 Å². The van der Waals surface area contributed by atoms with E-state index < -0.39 is 0 Å². The molecule has 0 bridgehead atoms. The zero-order chi connectivity index (χ0) is 16.5. The van der Waals surface area contributed by atoms with Crippen molar-refractivity contribution in [3.8, 4) is 0 Å². The molecule has 0 fully saturated rings. The van der Waals surface area contributed by atoms with Gasteiger partial charge < -0.3 is 4.42 Å². The van der Waals surface area contributed by atoms with Crippen molar-refractivity contribution < 1.29 is 4.42 Å². The van der Waals surface area contributed by atoms with Crippen LogP contribution in [0.1, 0.15) is 70.5 Å². The fraction of sp³-hybridized carbons (Fsp3) is 0.550. The average Bonchev–Trinajstić information content (AvgIpc) is 2.53. The second kappa shape index (κ2) is 9.92. The molecule has 2 rings (SSSR count). The Bertz CT molecular complexity index is 660. The predicted octanol–water partition coefficient (Wildman–Crippen LogP) is 6.63. The van der Waals surface area contributed by atoms with Crippen LogP contribution in [0.4, 0.5) is 0 Å². The van der Waals surface area contributed by atoms with E-state index in [9.17, 15) is 4.79 Å². The monoisotopic (exact) mass is 378 g/mol. The zero-order valence-corrected chi connectivity index (χ0v) is 15.7. The second-order valence-corrected chi connectivity index (χ2v) is 7.21. The molecule has 23 heavy (non-hydrogen) atoms. The van der Waals surface area contributed by atoms with Crippen LogP contribution in [-0.4, -0.2) is 0 Å². The highest BCUT2D eigenvalue weighted by Gasteiger charge is 2.05. The highest BCUT2D eigenvalue weighted by atomic mass is 79.9. The quantitative estimate of drug-likeness (QED) is 0.434. The first-order valence-corrected chi connectivity index (χ1v) is 9.72. The van der Waals surface area contributed by atoms with Crippen molar-refractivity contribution >= 4 is 26.9 Å². The normalized spacial score (nSPS) is 11.2. The number of hydrogen-bond acceptors (Lipinski definition) is 2. The van der Waals surface area contributed by atoms with Gasteiger partial charge in [-0.2, -0.15) is 0 Å². The molecule has 2 nitrogen and oxygen atoms in total. The van der Waals surface area contributed by atoms with Crippen LogP contribution < -0.4 is 5.43 Å². The third kappa shape index (κ3) is 6.14. The fourth-order valence-electron chi connectivity index (χ4n) is 2.91. The summed E-state index contributed by atoms with van der Waals surface area (Å²) in [6.07, 6.45) is 12.6. The van der Waals surface area contributed by atoms with Crippen molar-refractivity contribution in [2.75, 3.05) is 0 Å². The Morgan fingerprint density at radius 1 is 0.913 bits per heavy atom. The summed E-state index contributed by atoms with van der Waals surface area (Å²) >= 11 is 3.42. The van der Waals surface area contributed by atoms with Crippen molar-refractivity contribution in [1.29, 1.82) is 0 Å². The summed E-state index contributed by atoms with van der Waals surface area (Å²) in [6.45, 7) is 2.25. The molecule has 1 aromatic carbocycles. The topological polar surface area (TPSA) is 30.2 Å². The molecule has 1 heterocycles. The maximum absolute atomic E-state index is 12.1. The molecule has 0 amide bonds. The van der Waals surface area contributed by atoms with Crippen LogP contribution in [-0.2, 0) is 6.42 Å². The van der Waals surface area contributed by atoms with Gasteiger partial charge in [0, 0.05) is 17.0 Å². The fourth-order valence-corrected chi connectivity index (χ4v) is 3.25. The van der Waals surface area contributed by atoms with E-state index in [1.165, 1.54) is 51.4 Å². The van der Waals surface area contributed by atoms with Gasteiger partial charge >= 0.3 is 0 Å². The second-order valence-electron chi connectivity index (χ2n) is 6.30. The molecule has 3 heteroatoms. The molecular formula is C20H27BrO2. The van der Waals surface area contributed by atoms with Crippen LogP contribution in [0.15, 0.2) is 37.9 Å². The number of hydrogen-bond donors (Lipinski definition) is 0. The minimum atomic E-state index is 0.0599. The summed E-state index contributed by atoms with van der Waals surface area (Å²) in [4.78, 5) is 12.1. The molecule has 0 radical (unpaired) electrons. The molecule has 0 spiro atoms.